The first-order chi connectivity index (χ1) is 11.9. The number of carbonyl (C=O) groups is 1. The molecule has 1 aliphatic heterocycles. The molecule has 1 fully saturated rings. The number of ether oxygens (including phenoxy) is 1. The molecule has 132 valence electrons. The highest BCUT2D eigenvalue weighted by atomic mass is 32.2. The summed E-state index contributed by atoms with van der Waals surface area (Å²) in [5.74, 6) is -0.614. The molecule has 0 aliphatic carbocycles. The smallest absolute Gasteiger partial charge is 0.335 e. The number of benzene rings is 2. The maximum Gasteiger partial charge on any atom is 0.335 e. The molecular weight excluding hydrogens is 342 g/mol. The molecule has 3 rings (SSSR count). The van der Waals surface area contributed by atoms with E-state index in [0.717, 1.165) is 18.4 Å². The SMILES string of the molecule is COc1cc(C(=O)O)cc(-c2ccc(S(=O)(=O)N3CCCC3)cc2)c1. The minimum atomic E-state index is -3.46. The molecule has 2 aromatic carbocycles. The predicted molar refractivity (Wildman–Crippen MR) is 93.4 cm³/mol. The molecule has 1 aliphatic rings. The van der Waals surface area contributed by atoms with Gasteiger partial charge in [0.1, 0.15) is 5.75 Å². The summed E-state index contributed by atoms with van der Waals surface area (Å²) in [5, 5.41) is 9.21. The molecule has 0 unspecified atom stereocenters. The van der Waals surface area contributed by atoms with Gasteiger partial charge in [-0.25, -0.2) is 13.2 Å². The molecule has 1 N–H and O–H groups in total. The van der Waals surface area contributed by atoms with Crippen molar-refractivity contribution in [2.45, 2.75) is 17.7 Å². The van der Waals surface area contributed by atoms with Gasteiger partial charge in [-0.2, -0.15) is 4.31 Å². The Balaban J connectivity index is 1.95. The van der Waals surface area contributed by atoms with Gasteiger partial charge in [-0.05, 0) is 54.3 Å². The third-order valence-electron chi connectivity index (χ3n) is 4.28. The zero-order valence-corrected chi connectivity index (χ0v) is 14.6. The van der Waals surface area contributed by atoms with E-state index in [2.05, 4.69) is 0 Å². The third-order valence-corrected chi connectivity index (χ3v) is 6.19. The summed E-state index contributed by atoms with van der Waals surface area (Å²) >= 11 is 0. The number of sulfonamides is 1. The molecular formula is C18H19NO5S. The summed E-state index contributed by atoms with van der Waals surface area (Å²) in [4.78, 5) is 11.5. The van der Waals surface area contributed by atoms with Crippen LogP contribution in [0.25, 0.3) is 11.1 Å². The van der Waals surface area contributed by atoms with Crippen molar-refractivity contribution in [3.05, 3.63) is 48.0 Å². The van der Waals surface area contributed by atoms with Crippen molar-refractivity contribution in [2.24, 2.45) is 0 Å². The molecule has 7 heteroatoms. The fourth-order valence-electron chi connectivity index (χ4n) is 2.90. The van der Waals surface area contributed by atoms with Crippen LogP contribution < -0.4 is 4.74 Å². The van der Waals surface area contributed by atoms with Gasteiger partial charge in [-0.15, -0.1) is 0 Å². The molecule has 0 saturated carbocycles. The normalized spacial score (nSPS) is 15.2. The van der Waals surface area contributed by atoms with Crippen molar-refractivity contribution >= 4 is 16.0 Å². The van der Waals surface area contributed by atoms with Crippen LogP contribution in [0.4, 0.5) is 0 Å². The Morgan fingerprint density at radius 1 is 1.04 bits per heavy atom. The quantitative estimate of drug-likeness (QED) is 0.885. The van der Waals surface area contributed by atoms with Crippen LogP contribution in [-0.4, -0.2) is 44.0 Å². The average Bonchev–Trinajstić information content (AvgIpc) is 3.17. The Hall–Kier alpha value is -2.38. The van der Waals surface area contributed by atoms with Gasteiger partial charge in [0.2, 0.25) is 10.0 Å². The molecule has 0 atom stereocenters. The van der Waals surface area contributed by atoms with Gasteiger partial charge in [0.25, 0.3) is 0 Å². The van der Waals surface area contributed by atoms with Gasteiger partial charge in [0.05, 0.1) is 17.6 Å². The molecule has 0 spiro atoms. The molecule has 0 amide bonds. The minimum Gasteiger partial charge on any atom is -0.497 e. The van der Waals surface area contributed by atoms with Crippen LogP contribution in [0.1, 0.15) is 23.2 Å². The topological polar surface area (TPSA) is 83.9 Å². The number of hydrogen-bond donors (Lipinski definition) is 1. The third kappa shape index (κ3) is 3.52. The number of nitrogens with zero attached hydrogens (tertiary/aromatic N) is 1. The molecule has 25 heavy (non-hydrogen) atoms. The van der Waals surface area contributed by atoms with Gasteiger partial charge in [0, 0.05) is 13.1 Å². The summed E-state index contributed by atoms with van der Waals surface area (Å²) in [5.41, 5.74) is 1.49. The van der Waals surface area contributed by atoms with Crippen LogP contribution >= 0.6 is 0 Å². The second kappa shape index (κ2) is 6.85. The lowest BCUT2D eigenvalue weighted by molar-refractivity contribution is 0.0696. The van der Waals surface area contributed by atoms with Crippen molar-refractivity contribution in [1.82, 2.24) is 4.31 Å². The van der Waals surface area contributed by atoms with E-state index in [4.69, 9.17) is 4.74 Å². The van der Waals surface area contributed by atoms with E-state index in [1.165, 1.54) is 23.5 Å². The van der Waals surface area contributed by atoms with Gasteiger partial charge in [0.15, 0.2) is 0 Å². The fraction of sp³-hybridized carbons (Fsp3) is 0.278. The zero-order chi connectivity index (χ0) is 18.0. The highest BCUT2D eigenvalue weighted by molar-refractivity contribution is 7.89. The van der Waals surface area contributed by atoms with Crippen LogP contribution in [0.2, 0.25) is 0 Å². The van der Waals surface area contributed by atoms with Crippen LogP contribution in [0, 0.1) is 0 Å². The minimum absolute atomic E-state index is 0.114. The Kier molecular flexibility index (Phi) is 4.78. The Labute approximate surface area is 146 Å². The molecule has 1 saturated heterocycles. The maximum absolute atomic E-state index is 12.6. The van der Waals surface area contributed by atoms with Crippen molar-refractivity contribution in [2.75, 3.05) is 20.2 Å². The highest BCUT2D eigenvalue weighted by Crippen LogP contribution is 2.28. The highest BCUT2D eigenvalue weighted by Gasteiger charge is 2.26. The second-order valence-corrected chi connectivity index (χ2v) is 7.83. The molecule has 0 bridgehead atoms. The summed E-state index contributed by atoms with van der Waals surface area (Å²) < 4.78 is 31.8. The van der Waals surface area contributed by atoms with E-state index in [0.29, 0.717) is 24.4 Å². The monoisotopic (exact) mass is 361 g/mol. The molecule has 1 heterocycles. The standard InChI is InChI=1S/C18H19NO5S/c1-24-16-11-14(10-15(12-16)18(20)21)13-4-6-17(7-5-13)25(22,23)19-8-2-3-9-19/h4-7,10-12H,2-3,8-9H2,1H3,(H,20,21). The van der Waals surface area contributed by atoms with Crippen molar-refractivity contribution < 1.29 is 23.1 Å². The summed E-state index contributed by atoms with van der Waals surface area (Å²) in [6.07, 6.45) is 1.78. The Morgan fingerprint density at radius 2 is 1.68 bits per heavy atom. The van der Waals surface area contributed by atoms with Gasteiger partial charge < -0.3 is 9.84 Å². The maximum atomic E-state index is 12.6. The van der Waals surface area contributed by atoms with Gasteiger partial charge in [-0.3, -0.25) is 0 Å². The lowest BCUT2D eigenvalue weighted by Crippen LogP contribution is -2.27. The Morgan fingerprint density at radius 3 is 2.24 bits per heavy atom. The second-order valence-electron chi connectivity index (χ2n) is 5.89. The van der Waals surface area contributed by atoms with E-state index < -0.39 is 16.0 Å². The number of rotatable bonds is 5. The van der Waals surface area contributed by atoms with E-state index in [1.807, 2.05) is 0 Å². The van der Waals surface area contributed by atoms with Crippen LogP contribution in [0.5, 0.6) is 5.75 Å². The summed E-state index contributed by atoms with van der Waals surface area (Å²) in [7, 11) is -1.99. The van der Waals surface area contributed by atoms with Crippen LogP contribution in [-0.2, 0) is 10.0 Å². The predicted octanol–water partition coefficient (Wildman–Crippen LogP) is 2.84. The first-order valence-electron chi connectivity index (χ1n) is 7.95. The number of carboxylic acids is 1. The van der Waals surface area contributed by atoms with E-state index in [1.54, 1.807) is 30.3 Å². The van der Waals surface area contributed by atoms with E-state index in [-0.39, 0.29) is 10.5 Å². The fourth-order valence-corrected chi connectivity index (χ4v) is 4.42. The summed E-state index contributed by atoms with van der Waals surface area (Å²) in [6, 6.07) is 11.2. The van der Waals surface area contributed by atoms with Crippen molar-refractivity contribution in [1.29, 1.82) is 0 Å². The number of hydrogen-bond acceptors (Lipinski definition) is 4. The van der Waals surface area contributed by atoms with Crippen LogP contribution in [0.3, 0.4) is 0 Å². The van der Waals surface area contributed by atoms with Crippen LogP contribution in [0.15, 0.2) is 47.4 Å². The number of carboxylic acid groups (broad SMARTS) is 1. The molecule has 0 aromatic heterocycles. The first-order valence-corrected chi connectivity index (χ1v) is 9.39. The lowest BCUT2D eigenvalue weighted by atomic mass is 10.0. The Bertz CT molecular complexity index is 884. The lowest BCUT2D eigenvalue weighted by Gasteiger charge is -2.15. The van der Waals surface area contributed by atoms with Gasteiger partial charge >= 0.3 is 5.97 Å². The number of methoxy groups -OCH3 is 1. The van der Waals surface area contributed by atoms with E-state index in [9.17, 15) is 18.3 Å². The molecule has 6 nitrogen and oxygen atoms in total. The van der Waals surface area contributed by atoms with Crippen molar-refractivity contribution in [3.8, 4) is 16.9 Å². The number of aromatic carboxylic acids is 1. The average molecular weight is 361 g/mol. The first kappa shape index (κ1) is 17.4. The van der Waals surface area contributed by atoms with Crippen molar-refractivity contribution in [3.63, 3.8) is 0 Å². The summed E-state index contributed by atoms with van der Waals surface area (Å²) in [6.45, 7) is 1.11. The molecule has 2 aromatic rings. The zero-order valence-electron chi connectivity index (χ0n) is 13.8. The molecule has 0 radical (unpaired) electrons. The van der Waals surface area contributed by atoms with Gasteiger partial charge in [-0.1, -0.05) is 12.1 Å². The van der Waals surface area contributed by atoms with E-state index >= 15 is 0 Å². The largest absolute Gasteiger partial charge is 0.497 e.